The van der Waals surface area contributed by atoms with Crippen LogP contribution < -0.4 is 0 Å². The topological polar surface area (TPSA) is 68.4 Å². The van der Waals surface area contributed by atoms with Crippen molar-refractivity contribution in [3.05, 3.63) is 30.4 Å². The molecule has 3 aromatic heterocycles. The van der Waals surface area contributed by atoms with Crippen LogP contribution in [0.15, 0.2) is 24.5 Å². The van der Waals surface area contributed by atoms with Crippen molar-refractivity contribution in [1.29, 1.82) is 0 Å². The van der Waals surface area contributed by atoms with Gasteiger partial charge in [-0.3, -0.25) is 9.88 Å². The van der Waals surface area contributed by atoms with Crippen molar-refractivity contribution in [3.8, 4) is 10.6 Å². The third-order valence-corrected chi connectivity index (χ3v) is 4.38. The number of aromatic nitrogens is 5. The van der Waals surface area contributed by atoms with Gasteiger partial charge >= 0.3 is 0 Å². The average Bonchev–Trinajstić information content (AvgIpc) is 3.11. The number of fused-ring (bicyclic) bond motifs is 1. The molecule has 0 unspecified atom stereocenters. The number of rotatable bonds is 3. The molecule has 0 aliphatic carbocycles. The molecule has 0 amide bonds. The zero-order valence-corrected chi connectivity index (χ0v) is 12.2. The molecular formula is C13H14N6OS. The van der Waals surface area contributed by atoms with Gasteiger partial charge in [-0.15, -0.1) is 10.2 Å². The Bertz CT molecular complexity index is 734. The fourth-order valence-electron chi connectivity index (χ4n) is 2.32. The quantitative estimate of drug-likeness (QED) is 0.721. The molecule has 1 aliphatic heterocycles. The summed E-state index contributed by atoms with van der Waals surface area (Å²) in [5, 5.41) is 14.0. The van der Waals surface area contributed by atoms with E-state index in [1.165, 1.54) is 11.3 Å². The van der Waals surface area contributed by atoms with Crippen LogP contribution >= 0.6 is 11.3 Å². The third-order valence-electron chi connectivity index (χ3n) is 3.43. The van der Waals surface area contributed by atoms with Gasteiger partial charge in [0.1, 0.15) is 5.01 Å². The Morgan fingerprint density at radius 1 is 1.24 bits per heavy atom. The van der Waals surface area contributed by atoms with Gasteiger partial charge in [0, 0.05) is 31.0 Å². The minimum atomic E-state index is 0.751. The van der Waals surface area contributed by atoms with Gasteiger partial charge in [-0.05, 0) is 12.1 Å². The first-order chi connectivity index (χ1) is 10.4. The Morgan fingerprint density at radius 3 is 2.95 bits per heavy atom. The van der Waals surface area contributed by atoms with E-state index in [9.17, 15) is 0 Å². The number of morpholine rings is 1. The lowest BCUT2D eigenvalue weighted by Crippen LogP contribution is -2.36. The molecule has 7 nitrogen and oxygen atoms in total. The first-order valence-corrected chi connectivity index (χ1v) is 7.63. The second-order valence-corrected chi connectivity index (χ2v) is 5.80. The SMILES string of the molecule is c1cncc(-c2nn3c(CN4CCOCC4)nnc3s2)c1. The summed E-state index contributed by atoms with van der Waals surface area (Å²) in [6.07, 6.45) is 3.57. The lowest BCUT2D eigenvalue weighted by molar-refractivity contribution is 0.0328. The van der Waals surface area contributed by atoms with Crippen molar-refractivity contribution in [3.63, 3.8) is 0 Å². The van der Waals surface area contributed by atoms with E-state index in [0.717, 1.165) is 54.2 Å². The van der Waals surface area contributed by atoms with Gasteiger partial charge in [-0.1, -0.05) is 11.3 Å². The second kappa shape index (κ2) is 5.47. The highest BCUT2D eigenvalue weighted by Gasteiger charge is 2.17. The van der Waals surface area contributed by atoms with Crippen LogP contribution in [0.3, 0.4) is 0 Å². The van der Waals surface area contributed by atoms with Crippen LogP contribution in [0.4, 0.5) is 0 Å². The normalized spacial score (nSPS) is 16.6. The van der Waals surface area contributed by atoms with E-state index < -0.39 is 0 Å². The van der Waals surface area contributed by atoms with Gasteiger partial charge < -0.3 is 4.74 Å². The smallest absolute Gasteiger partial charge is 0.235 e. The van der Waals surface area contributed by atoms with Crippen molar-refractivity contribution in [1.82, 2.24) is 29.7 Å². The molecule has 0 N–H and O–H groups in total. The fourth-order valence-corrected chi connectivity index (χ4v) is 3.17. The van der Waals surface area contributed by atoms with Crippen LogP contribution in [0.1, 0.15) is 5.82 Å². The molecule has 1 saturated heterocycles. The average molecular weight is 302 g/mol. The van der Waals surface area contributed by atoms with E-state index in [1.54, 1.807) is 6.20 Å². The third kappa shape index (κ3) is 2.53. The van der Waals surface area contributed by atoms with Crippen molar-refractivity contribution in [2.24, 2.45) is 0 Å². The standard InChI is InChI=1S/C13H14N6OS/c1-2-10(8-14-3-1)12-17-19-11(15-16-13(19)21-12)9-18-4-6-20-7-5-18/h1-3,8H,4-7,9H2. The number of nitrogens with zero attached hydrogens (tertiary/aromatic N) is 6. The molecule has 8 heteroatoms. The van der Waals surface area contributed by atoms with Crippen molar-refractivity contribution < 1.29 is 4.74 Å². The minimum Gasteiger partial charge on any atom is -0.379 e. The van der Waals surface area contributed by atoms with Crippen LogP contribution in [-0.4, -0.2) is 56.0 Å². The fraction of sp³-hybridized carbons (Fsp3) is 0.385. The van der Waals surface area contributed by atoms with Crippen LogP contribution in [0.25, 0.3) is 15.5 Å². The number of hydrogen-bond donors (Lipinski definition) is 0. The summed E-state index contributed by atoms with van der Waals surface area (Å²) in [6.45, 7) is 4.16. The molecule has 1 fully saturated rings. The Morgan fingerprint density at radius 2 is 2.14 bits per heavy atom. The van der Waals surface area contributed by atoms with Crippen molar-refractivity contribution in [2.75, 3.05) is 26.3 Å². The minimum absolute atomic E-state index is 0.751. The predicted molar refractivity (Wildman–Crippen MR) is 78.0 cm³/mol. The van der Waals surface area contributed by atoms with E-state index in [-0.39, 0.29) is 0 Å². The van der Waals surface area contributed by atoms with Gasteiger partial charge in [0.05, 0.1) is 19.8 Å². The summed E-state index contributed by atoms with van der Waals surface area (Å²) >= 11 is 1.53. The van der Waals surface area contributed by atoms with Crippen LogP contribution in [0.5, 0.6) is 0 Å². The van der Waals surface area contributed by atoms with E-state index in [2.05, 4.69) is 25.2 Å². The second-order valence-electron chi connectivity index (χ2n) is 4.85. The maximum atomic E-state index is 5.36. The summed E-state index contributed by atoms with van der Waals surface area (Å²) in [7, 11) is 0. The zero-order chi connectivity index (χ0) is 14.1. The lowest BCUT2D eigenvalue weighted by Gasteiger charge is -2.25. The van der Waals surface area contributed by atoms with Crippen LogP contribution in [0, 0.1) is 0 Å². The molecule has 0 radical (unpaired) electrons. The molecule has 3 aromatic rings. The Balaban J connectivity index is 1.63. The largest absolute Gasteiger partial charge is 0.379 e. The number of hydrogen-bond acceptors (Lipinski definition) is 7. The van der Waals surface area contributed by atoms with Gasteiger partial charge in [-0.2, -0.15) is 9.61 Å². The molecule has 4 heterocycles. The first kappa shape index (κ1) is 12.8. The molecule has 0 atom stereocenters. The predicted octanol–water partition coefficient (Wildman–Crippen LogP) is 1.08. The molecule has 0 aromatic carbocycles. The Hall–Kier alpha value is -1.90. The van der Waals surface area contributed by atoms with Gasteiger partial charge in [0.15, 0.2) is 5.82 Å². The van der Waals surface area contributed by atoms with Crippen LogP contribution in [-0.2, 0) is 11.3 Å². The maximum Gasteiger partial charge on any atom is 0.235 e. The van der Waals surface area contributed by atoms with Gasteiger partial charge in [-0.25, -0.2) is 0 Å². The molecule has 21 heavy (non-hydrogen) atoms. The van der Waals surface area contributed by atoms with Gasteiger partial charge in [0.25, 0.3) is 0 Å². The molecule has 0 bridgehead atoms. The summed E-state index contributed by atoms with van der Waals surface area (Å²) in [4.78, 5) is 7.26. The summed E-state index contributed by atoms with van der Waals surface area (Å²) in [6, 6.07) is 3.91. The van der Waals surface area contributed by atoms with E-state index in [1.807, 2.05) is 22.8 Å². The molecular weight excluding hydrogens is 288 g/mol. The highest BCUT2D eigenvalue weighted by atomic mass is 32.1. The number of pyridine rings is 1. The summed E-state index contributed by atoms with van der Waals surface area (Å²) < 4.78 is 7.20. The molecule has 4 rings (SSSR count). The zero-order valence-electron chi connectivity index (χ0n) is 11.3. The molecule has 108 valence electrons. The van der Waals surface area contributed by atoms with E-state index in [4.69, 9.17) is 4.74 Å². The summed E-state index contributed by atoms with van der Waals surface area (Å²) in [5.74, 6) is 0.873. The highest BCUT2D eigenvalue weighted by Crippen LogP contribution is 2.24. The molecule has 0 spiro atoms. The van der Waals surface area contributed by atoms with E-state index >= 15 is 0 Å². The monoisotopic (exact) mass is 302 g/mol. The highest BCUT2D eigenvalue weighted by molar-refractivity contribution is 7.19. The molecule has 0 saturated carbocycles. The summed E-state index contributed by atoms with van der Waals surface area (Å²) in [5.41, 5.74) is 1.00. The molecule has 1 aliphatic rings. The number of ether oxygens (including phenoxy) is 1. The maximum absolute atomic E-state index is 5.36. The van der Waals surface area contributed by atoms with Crippen LogP contribution in [0.2, 0.25) is 0 Å². The van der Waals surface area contributed by atoms with Gasteiger partial charge in [0.2, 0.25) is 4.96 Å². The lowest BCUT2D eigenvalue weighted by atomic mass is 10.3. The Kier molecular flexibility index (Phi) is 3.34. The Labute approximate surface area is 125 Å². The van der Waals surface area contributed by atoms with Crippen molar-refractivity contribution >= 4 is 16.3 Å². The van der Waals surface area contributed by atoms with E-state index in [0.29, 0.717) is 0 Å². The van der Waals surface area contributed by atoms with Crippen molar-refractivity contribution in [2.45, 2.75) is 6.54 Å². The first-order valence-electron chi connectivity index (χ1n) is 6.82.